The van der Waals surface area contributed by atoms with Gasteiger partial charge in [-0.3, -0.25) is 4.79 Å². The van der Waals surface area contributed by atoms with E-state index in [2.05, 4.69) is 0 Å². The molecule has 0 unspecified atom stereocenters. The van der Waals surface area contributed by atoms with Crippen LogP contribution < -0.4 is 9.47 Å². The highest BCUT2D eigenvalue weighted by Crippen LogP contribution is 2.31. The Morgan fingerprint density at radius 3 is 2.22 bits per heavy atom. The van der Waals surface area contributed by atoms with E-state index in [1.54, 1.807) is 24.3 Å². The predicted molar refractivity (Wildman–Crippen MR) is 69.3 cm³/mol. The molecule has 2 rings (SSSR count). The van der Waals surface area contributed by atoms with E-state index in [0.717, 1.165) is 0 Å². The number of esters is 1. The number of hydrogen-bond acceptors (Lipinski definition) is 3. The average molecular weight is 263 g/mol. The molecule has 0 radical (unpaired) electrons. The minimum absolute atomic E-state index is 0.195. The van der Waals surface area contributed by atoms with Crippen molar-refractivity contribution >= 4 is 17.6 Å². The molecule has 0 spiro atoms. The normalized spacial score (nSPS) is 9.83. The zero-order chi connectivity index (χ0) is 12.8. The van der Waals surface area contributed by atoms with Crippen LogP contribution in [-0.4, -0.2) is 11.8 Å². The van der Waals surface area contributed by atoms with E-state index in [4.69, 9.17) is 21.1 Å². The highest BCUT2D eigenvalue weighted by Gasteiger charge is 2.09. The molecule has 0 aromatic heterocycles. The molecule has 2 aromatic carbocycles. The summed E-state index contributed by atoms with van der Waals surface area (Å²) in [7, 11) is 0. The lowest BCUT2D eigenvalue weighted by atomic mass is 10.3. The van der Waals surface area contributed by atoms with Gasteiger partial charge in [0.2, 0.25) is 0 Å². The molecule has 0 heterocycles. The van der Waals surface area contributed by atoms with Crippen molar-refractivity contribution in [1.29, 1.82) is 0 Å². The molecule has 92 valence electrons. The van der Waals surface area contributed by atoms with Crippen LogP contribution in [0.2, 0.25) is 0 Å². The van der Waals surface area contributed by atoms with Gasteiger partial charge in [0.05, 0.1) is 0 Å². The maximum absolute atomic E-state index is 11.2. The summed E-state index contributed by atoms with van der Waals surface area (Å²) >= 11 is 5.40. The summed E-state index contributed by atoms with van der Waals surface area (Å²) in [5.41, 5.74) is 0. The largest absolute Gasteiger partial charge is 0.453 e. The Kier molecular flexibility index (Phi) is 4.20. The molecule has 0 saturated carbocycles. The predicted octanol–water partition coefficient (Wildman–Crippen LogP) is 3.62. The third kappa shape index (κ3) is 3.25. The van der Waals surface area contributed by atoms with Crippen molar-refractivity contribution in [2.45, 2.75) is 0 Å². The van der Waals surface area contributed by atoms with Crippen LogP contribution in [0.25, 0.3) is 0 Å². The van der Waals surface area contributed by atoms with Crippen molar-refractivity contribution in [2.24, 2.45) is 0 Å². The smallest absolute Gasteiger partial charge is 0.326 e. The number of benzene rings is 2. The minimum Gasteiger partial charge on any atom is -0.453 e. The van der Waals surface area contributed by atoms with Crippen LogP contribution in [0.15, 0.2) is 54.6 Å². The fourth-order valence-electron chi connectivity index (χ4n) is 1.38. The lowest BCUT2D eigenvalue weighted by molar-refractivity contribution is -0.131. The monoisotopic (exact) mass is 262 g/mol. The number of hydrogen-bond donors (Lipinski definition) is 0. The van der Waals surface area contributed by atoms with E-state index in [1.807, 2.05) is 30.3 Å². The molecule has 0 amide bonds. The molecule has 0 bridgehead atoms. The van der Waals surface area contributed by atoms with Gasteiger partial charge in [0.1, 0.15) is 11.6 Å². The summed E-state index contributed by atoms with van der Waals surface area (Å²) in [5, 5.41) is 0. The van der Waals surface area contributed by atoms with Crippen molar-refractivity contribution in [1.82, 2.24) is 0 Å². The van der Waals surface area contributed by atoms with E-state index >= 15 is 0 Å². The van der Waals surface area contributed by atoms with Gasteiger partial charge in [0.25, 0.3) is 0 Å². The van der Waals surface area contributed by atoms with Crippen LogP contribution in [0.5, 0.6) is 17.2 Å². The summed E-state index contributed by atoms with van der Waals surface area (Å²) in [6, 6.07) is 16.2. The maximum Gasteiger partial charge on any atom is 0.326 e. The first-order valence-corrected chi connectivity index (χ1v) is 5.91. The van der Waals surface area contributed by atoms with Gasteiger partial charge in [0, 0.05) is 0 Å². The Morgan fingerprint density at radius 1 is 0.944 bits per heavy atom. The van der Waals surface area contributed by atoms with Crippen molar-refractivity contribution < 1.29 is 14.3 Å². The van der Waals surface area contributed by atoms with Crippen LogP contribution >= 0.6 is 11.6 Å². The Bertz CT molecular complexity index is 526. The first-order valence-electron chi connectivity index (χ1n) is 5.38. The molecule has 18 heavy (non-hydrogen) atoms. The number of carbonyl (C=O) groups excluding carboxylic acids is 1. The second-order valence-corrected chi connectivity index (χ2v) is 3.74. The van der Waals surface area contributed by atoms with Gasteiger partial charge in [-0.15, -0.1) is 11.6 Å². The van der Waals surface area contributed by atoms with Crippen molar-refractivity contribution in [2.75, 3.05) is 5.88 Å². The van der Waals surface area contributed by atoms with Crippen LogP contribution in [0.4, 0.5) is 0 Å². The van der Waals surface area contributed by atoms with Crippen LogP contribution in [0.3, 0.4) is 0 Å². The molecule has 0 saturated heterocycles. The van der Waals surface area contributed by atoms with E-state index in [0.29, 0.717) is 17.2 Å². The highest BCUT2D eigenvalue weighted by molar-refractivity contribution is 6.26. The fourth-order valence-corrected chi connectivity index (χ4v) is 1.44. The lowest BCUT2D eigenvalue weighted by Gasteiger charge is -2.10. The average Bonchev–Trinajstić information content (AvgIpc) is 2.42. The van der Waals surface area contributed by atoms with Gasteiger partial charge < -0.3 is 9.47 Å². The number of rotatable bonds is 4. The highest BCUT2D eigenvalue weighted by atomic mass is 35.5. The molecule has 0 atom stereocenters. The van der Waals surface area contributed by atoms with Crippen molar-refractivity contribution in [3.63, 3.8) is 0 Å². The zero-order valence-corrected chi connectivity index (χ0v) is 10.3. The Labute approximate surface area is 110 Å². The summed E-state index contributed by atoms with van der Waals surface area (Å²) in [4.78, 5) is 11.2. The van der Waals surface area contributed by atoms with Crippen molar-refractivity contribution in [3.05, 3.63) is 54.6 Å². The number of para-hydroxylation sites is 3. The molecular formula is C14H11ClO3. The molecule has 0 aliphatic carbocycles. The number of ether oxygens (including phenoxy) is 2. The van der Waals surface area contributed by atoms with E-state index < -0.39 is 5.97 Å². The summed E-state index contributed by atoms with van der Waals surface area (Å²) < 4.78 is 10.7. The minimum atomic E-state index is -0.513. The van der Waals surface area contributed by atoms with E-state index in [-0.39, 0.29) is 5.88 Å². The van der Waals surface area contributed by atoms with Gasteiger partial charge in [0.15, 0.2) is 11.5 Å². The molecular weight excluding hydrogens is 252 g/mol. The Hall–Kier alpha value is -2.00. The molecule has 0 aliphatic heterocycles. The Balaban J connectivity index is 2.20. The van der Waals surface area contributed by atoms with E-state index in [1.165, 1.54) is 0 Å². The quantitative estimate of drug-likeness (QED) is 0.480. The van der Waals surface area contributed by atoms with Gasteiger partial charge in [-0.05, 0) is 24.3 Å². The number of alkyl halides is 1. The first kappa shape index (κ1) is 12.5. The molecule has 0 aliphatic rings. The number of carbonyl (C=O) groups is 1. The standard InChI is InChI=1S/C14H11ClO3/c15-10-14(16)18-13-9-5-4-8-12(13)17-11-6-2-1-3-7-11/h1-9H,10H2. The van der Waals surface area contributed by atoms with Crippen LogP contribution in [0.1, 0.15) is 0 Å². The summed E-state index contributed by atoms with van der Waals surface area (Å²) in [6.07, 6.45) is 0. The van der Waals surface area contributed by atoms with Crippen molar-refractivity contribution in [3.8, 4) is 17.2 Å². The zero-order valence-electron chi connectivity index (χ0n) is 9.51. The van der Waals surface area contributed by atoms with Gasteiger partial charge in [-0.1, -0.05) is 30.3 Å². The molecule has 0 fully saturated rings. The van der Waals surface area contributed by atoms with Gasteiger partial charge in [-0.25, -0.2) is 0 Å². The maximum atomic E-state index is 11.2. The Morgan fingerprint density at radius 2 is 1.56 bits per heavy atom. The van der Waals surface area contributed by atoms with Crippen LogP contribution in [-0.2, 0) is 4.79 Å². The second kappa shape index (κ2) is 6.07. The second-order valence-electron chi connectivity index (χ2n) is 3.47. The third-order valence-corrected chi connectivity index (χ3v) is 2.37. The fraction of sp³-hybridized carbons (Fsp3) is 0.0714. The van der Waals surface area contributed by atoms with E-state index in [9.17, 15) is 4.79 Å². The summed E-state index contributed by atoms with van der Waals surface area (Å²) in [6.45, 7) is 0. The number of halogens is 1. The summed E-state index contributed by atoms with van der Waals surface area (Å²) in [5.74, 6) is 0.793. The SMILES string of the molecule is O=C(CCl)Oc1ccccc1Oc1ccccc1. The third-order valence-electron chi connectivity index (χ3n) is 2.15. The molecule has 4 heteroatoms. The first-order chi connectivity index (χ1) is 8.79. The topological polar surface area (TPSA) is 35.5 Å². The van der Waals surface area contributed by atoms with Crippen LogP contribution in [0, 0.1) is 0 Å². The molecule has 2 aromatic rings. The van der Waals surface area contributed by atoms with Gasteiger partial charge >= 0.3 is 5.97 Å². The van der Waals surface area contributed by atoms with Gasteiger partial charge in [-0.2, -0.15) is 0 Å². The molecule has 0 N–H and O–H groups in total. The lowest BCUT2D eigenvalue weighted by Crippen LogP contribution is -2.09. The molecule has 3 nitrogen and oxygen atoms in total.